The van der Waals surface area contributed by atoms with E-state index in [9.17, 15) is 4.79 Å². The van der Waals surface area contributed by atoms with Crippen LogP contribution < -0.4 is 5.73 Å². The molecule has 2 nitrogen and oxygen atoms in total. The largest absolute Gasteiger partial charge is 0.366 e. The number of hydrogen-bond donors (Lipinski definition) is 1. The van der Waals surface area contributed by atoms with Gasteiger partial charge in [-0.2, -0.15) is 0 Å². The number of carbonyl (C=O) groups is 1. The number of primary amides is 1. The van der Waals surface area contributed by atoms with Gasteiger partial charge in [-0.3, -0.25) is 4.79 Å². The van der Waals surface area contributed by atoms with Crippen LogP contribution >= 0.6 is 0 Å². The molecule has 0 aliphatic rings. The van der Waals surface area contributed by atoms with E-state index in [-0.39, 0.29) is 5.91 Å². The van der Waals surface area contributed by atoms with Gasteiger partial charge in [-0.1, -0.05) is 13.0 Å². The average Bonchev–Trinajstić information content (AvgIpc) is 1.88. The molecule has 0 saturated heterocycles. The molecular formula is C9H15NO. The maximum Gasteiger partial charge on any atom is 0.241 e. The summed E-state index contributed by atoms with van der Waals surface area (Å²) in [5.41, 5.74) is 7.13. The van der Waals surface area contributed by atoms with Crippen LogP contribution in [0.3, 0.4) is 0 Å². The molecule has 0 aliphatic heterocycles. The number of carbonyl (C=O) groups excluding carboxylic acids is 1. The van der Waals surface area contributed by atoms with Crippen molar-refractivity contribution < 1.29 is 4.79 Å². The number of amides is 1. The Bertz CT molecular complexity index is 202. The molecule has 0 aromatic heterocycles. The van der Waals surface area contributed by atoms with Crippen molar-refractivity contribution in [3.05, 3.63) is 23.3 Å². The van der Waals surface area contributed by atoms with E-state index >= 15 is 0 Å². The summed E-state index contributed by atoms with van der Waals surface area (Å²) in [7, 11) is 0. The molecule has 0 heterocycles. The number of rotatable bonds is 3. The molecule has 0 spiro atoms. The van der Waals surface area contributed by atoms with Crippen molar-refractivity contribution in [3.63, 3.8) is 0 Å². The highest BCUT2D eigenvalue weighted by atomic mass is 16.1. The standard InChI is InChI=1S/C9H15NO/c1-4-8(5-2)7(3)6-9(10)11/h4,6H,5H2,1-3H3,(H2,10,11). The molecule has 0 fully saturated rings. The van der Waals surface area contributed by atoms with Crippen LogP contribution in [0.1, 0.15) is 27.2 Å². The molecule has 0 aromatic carbocycles. The van der Waals surface area contributed by atoms with Crippen molar-refractivity contribution in [2.45, 2.75) is 27.2 Å². The van der Waals surface area contributed by atoms with E-state index in [0.29, 0.717) is 0 Å². The maximum atomic E-state index is 10.5. The van der Waals surface area contributed by atoms with Crippen molar-refractivity contribution in [2.75, 3.05) is 0 Å². The van der Waals surface area contributed by atoms with E-state index in [2.05, 4.69) is 0 Å². The minimum absolute atomic E-state index is 0.379. The fourth-order valence-corrected chi connectivity index (χ4v) is 1.02. The van der Waals surface area contributed by atoms with Gasteiger partial charge < -0.3 is 5.73 Å². The highest BCUT2D eigenvalue weighted by molar-refractivity contribution is 5.87. The molecule has 1 amide bonds. The van der Waals surface area contributed by atoms with Gasteiger partial charge in [0.2, 0.25) is 5.91 Å². The Balaban J connectivity index is 4.45. The van der Waals surface area contributed by atoms with Gasteiger partial charge >= 0.3 is 0 Å². The first-order chi connectivity index (χ1) is 5.11. The Morgan fingerprint density at radius 3 is 2.36 bits per heavy atom. The fourth-order valence-electron chi connectivity index (χ4n) is 1.02. The molecule has 0 aromatic rings. The number of nitrogens with two attached hydrogens (primary N) is 1. The lowest BCUT2D eigenvalue weighted by atomic mass is 10.1. The molecule has 0 rings (SSSR count). The minimum atomic E-state index is -0.379. The predicted molar refractivity (Wildman–Crippen MR) is 47.0 cm³/mol. The Morgan fingerprint density at radius 2 is 2.09 bits per heavy atom. The third kappa shape index (κ3) is 3.61. The van der Waals surface area contributed by atoms with Gasteiger partial charge in [-0.05, 0) is 31.4 Å². The lowest BCUT2D eigenvalue weighted by Gasteiger charge is -2.01. The maximum absolute atomic E-state index is 10.5. The van der Waals surface area contributed by atoms with Crippen molar-refractivity contribution in [1.82, 2.24) is 0 Å². The average molecular weight is 153 g/mol. The van der Waals surface area contributed by atoms with E-state index in [1.54, 1.807) is 0 Å². The summed E-state index contributed by atoms with van der Waals surface area (Å²) < 4.78 is 0. The van der Waals surface area contributed by atoms with Crippen LogP contribution in [0.25, 0.3) is 0 Å². The summed E-state index contributed by atoms with van der Waals surface area (Å²) >= 11 is 0. The second kappa shape index (κ2) is 4.72. The fraction of sp³-hybridized carbons (Fsp3) is 0.444. The van der Waals surface area contributed by atoms with Gasteiger partial charge in [0.25, 0.3) is 0 Å². The van der Waals surface area contributed by atoms with E-state index in [1.165, 1.54) is 11.6 Å². The summed E-state index contributed by atoms with van der Waals surface area (Å²) in [6.45, 7) is 5.90. The highest BCUT2D eigenvalue weighted by Gasteiger charge is 1.96. The zero-order valence-electron chi connectivity index (χ0n) is 7.35. The lowest BCUT2D eigenvalue weighted by Crippen LogP contribution is -2.07. The topological polar surface area (TPSA) is 43.1 Å². The molecule has 11 heavy (non-hydrogen) atoms. The molecule has 0 unspecified atom stereocenters. The first-order valence-corrected chi connectivity index (χ1v) is 3.75. The van der Waals surface area contributed by atoms with Crippen molar-refractivity contribution in [3.8, 4) is 0 Å². The summed E-state index contributed by atoms with van der Waals surface area (Å²) in [6.07, 6.45) is 4.39. The number of hydrogen-bond acceptors (Lipinski definition) is 1. The number of allylic oxidation sites excluding steroid dienone is 3. The third-order valence-electron chi connectivity index (χ3n) is 1.59. The van der Waals surface area contributed by atoms with E-state index in [4.69, 9.17) is 5.73 Å². The third-order valence-corrected chi connectivity index (χ3v) is 1.59. The molecule has 0 saturated carbocycles. The Kier molecular flexibility index (Phi) is 4.27. The van der Waals surface area contributed by atoms with Crippen molar-refractivity contribution in [2.24, 2.45) is 5.73 Å². The SMILES string of the molecule is CC=C(CC)C(C)=CC(N)=O. The quantitative estimate of drug-likeness (QED) is 0.487. The van der Waals surface area contributed by atoms with Gasteiger partial charge in [0, 0.05) is 6.08 Å². The van der Waals surface area contributed by atoms with Crippen LogP contribution in [-0.4, -0.2) is 5.91 Å². The van der Waals surface area contributed by atoms with Crippen LogP contribution in [-0.2, 0) is 4.79 Å². The monoisotopic (exact) mass is 153 g/mol. The first-order valence-electron chi connectivity index (χ1n) is 3.75. The van der Waals surface area contributed by atoms with Gasteiger partial charge in [0.15, 0.2) is 0 Å². The van der Waals surface area contributed by atoms with Gasteiger partial charge in [0.05, 0.1) is 0 Å². The van der Waals surface area contributed by atoms with Crippen LogP contribution in [0.15, 0.2) is 23.3 Å². The van der Waals surface area contributed by atoms with Crippen LogP contribution in [0.4, 0.5) is 0 Å². The molecular weight excluding hydrogens is 138 g/mol. The van der Waals surface area contributed by atoms with E-state index < -0.39 is 0 Å². The molecule has 2 N–H and O–H groups in total. The summed E-state index contributed by atoms with van der Waals surface area (Å²) in [5, 5.41) is 0. The zero-order chi connectivity index (χ0) is 8.85. The van der Waals surface area contributed by atoms with Crippen molar-refractivity contribution in [1.29, 1.82) is 0 Å². The summed E-state index contributed by atoms with van der Waals surface area (Å²) in [4.78, 5) is 10.5. The van der Waals surface area contributed by atoms with Crippen LogP contribution in [0, 0.1) is 0 Å². The Labute approximate surface area is 67.8 Å². The molecule has 2 heteroatoms. The molecule has 0 atom stereocenters. The minimum Gasteiger partial charge on any atom is -0.366 e. The smallest absolute Gasteiger partial charge is 0.241 e. The van der Waals surface area contributed by atoms with E-state index in [0.717, 1.165) is 12.0 Å². The Hall–Kier alpha value is -1.05. The zero-order valence-corrected chi connectivity index (χ0v) is 7.35. The Morgan fingerprint density at radius 1 is 1.55 bits per heavy atom. The normalized spacial score (nSPS) is 13.4. The summed E-state index contributed by atoms with van der Waals surface area (Å²) in [6, 6.07) is 0. The first kappa shape index (κ1) is 9.95. The highest BCUT2D eigenvalue weighted by Crippen LogP contribution is 2.11. The van der Waals surface area contributed by atoms with Crippen molar-refractivity contribution >= 4 is 5.91 Å². The van der Waals surface area contributed by atoms with Gasteiger partial charge in [-0.15, -0.1) is 0 Å². The van der Waals surface area contributed by atoms with Crippen LogP contribution in [0.5, 0.6) is 0 Å². The van der Waals surface area contributed by atoms with Gasteiger partial charge in [-0.25, -0.2) is 0 Å². The van der Waals surface area contributed by atoms with Crippen LogP contribution in [0.2, 0.25) is 0 Å². The molecule has 0 radical (unpaired) electrons. The molecule has 0 bridgehead atoms. The van der Waals surface area contributed by atoms with E-state index in [1.807, 2.05) is 26.8 Å². The summed E-state index contributed by atoms with van der Waals surface area (Å²) in [5.74, 6) is -0.379. The van der Waals surface area contributed by atoms with Gasteiger partial charge in [0.1, 0.15) is 0 Å². The lowest BCUT2D eigenvalue weighted by molar-refractivity contribution is -0.113. The molecule has 62 valence electrons. The second-order valence-corrected chi connectivity index (χ2v) is 2.40. The second-order valence-electron chi connectivity index (χ2n) is 2.40. The predicted octanol–water partition coefficient (Wildman–Crippen LogP) is 1.77. The molecule has 0 aliphatic carbocycles.